The Morgan fingerprint density at radius 2 is 1.89 bits per heavy atom. The number of carbonyl (C=O) groups is 1. The van der Waals surface area contributed by atoms with E-state index in [0.717, 1.165) is 54.5 Å². The van der Waals surface area contributed by atoms with Gasteiger partial charge in [0.2, 0.25) is 5.91 Å². The first kappa shape index (κ1) is 22.4. The van der Waals surface area contributed by atoms with Gasteiger partial charge < -0.3 is 30.6 Å². The third-order valence-electron chi connectivity index (χ3n) is 6.44. The summed E-state index contributed by atoms with van der Waals surface area (Å²) in [5, 5.41) is 2.95. The predicted octanol–water partition coefficient (Wildman–Crippen LogP) is 1.58. The lowest BCUT2D eigenvalue weighted by Gasteiger charge is -2.38. The van der Waals surface area contributed by atoms with Crippen LogP contribution in [-0.2, 0) is 16.0 Å². The smallest absolute Gasteiger partial charge is 0.230 e. The molecule has 2 aliphatic heterocycles. The van der Waals surface area contributed by atoms with Gasteiger partial charge in [0.1, 0.15) is 17.7 Å². The quantitative estimate of drug-likeness (QED) is 0.371. The van der Waals surface area contributed by atoms with E-state index in [2.05, 4.69) is 40.0 Å². The number of pyridine rings is 1. The molecule has 3 aromatic heterocycles. The van der Waals surface area contributed by atoms with Gasteiger partial charge >= 0.3 is 0 Å². The van der Waals surface area contributed by atoms with E-state index < -0.39 is 0 Å². The fraction of sp³-hybridized carbons (Fsp3) is 0.320. The minimum atomic E-state index is -0.123. The standard InChI is InChI=1S/C25H27N9O2/c26-17-13-34(14-17)20-5-6-27-19(11-20)12-21(35)30-18-3-1-16(2-4-18)23-31-22-24(32-23)28-15-29-25(22)33-7-9-36-10-8-33/h1-6,11,15,17H,7-10,12-14,26H2,(H,30,35)(H,28,29,31,32). The Labute approximate surface area is 207 Å². The Morgan fingerprint density at radius 3 is 2.67 bits per heavy atom. The number of benzene rings is 1. The second-order valence-electron chi connectivity index (χ2n) is 9.05. The van der Waals surface area contributed by atoms with Crippen LogP contribution in [0, 0.1) is 0 Å². The SMILES string of the molecule is NC1CN(c2ccnc(CC(=O)Nc3ccc(-c4nc5ncnc(N6CCOCC6)c5[nH]4)cc3)c2)C1. The van der Waals surface area contributed by atoms with Crippen LogP contribution in [0.3, 0.4) is 0 Å². The van der Waals surface area contributed by atoms with Crippen LogP contribution in [0.5, 0.6) is 0 Å². The average Bonchev–Trinajstić information content (AvgIpc) is 3.32. The lowest BCUT2D eigenvalue weighted by molar-refractivity contribution is -0.115. The lowest BCUT2D eigenvalue weighted by atomic mass is 10.1. The molecule has 1 aromatic carbocycles. The van der Waals surface area contributed by atoms with E-state index in [1.165, 1.54) is 0 Å². The molecule has 6 rings (SSSR count). The first-order valence-electron chi connectivity index (χ1n) is 12.0. The Bertz CT molecular complexity index is 1380. The number of fused-ring (bicyclic) bond motifs is 1. The third kappa shape index (κ3) is 4.58. The van der Waals surface area contributed by atoms with Gasteiger partial charge in [-0.25, -0.2) is 15.0 Å². The van der Waals surface area contributed by atoms with E-state index >= 15 is 0 Å². The molecule has 5 heterocycles. The normalized spacial score (nSPS) is 16.2. The number of H-pyrrole nitrogens is 1. The molecule has 0 atom stereocenters. The van der Waals surface area contributed by atoms with Gasteiger partial charge in [-0.2, -0.15) is 0 Å². The molecule has 2 saturated heterocycles. The van der Waals surface area contributed by atoms with Crippen molar-refractivity contribution in [3.63, 3.8) is 0 Å². The Kier molecular flexibility index (Phi) is 5.91. The van der Waals surface area contributed by atoms with Gasteiger partial charge in [-0.15, -0.1) is 0 Å². The number of imidazole rings is 1. The number of aromatic amines is 1. The number of nitrogens with two attached hydrogens (primary N) is 1. The molecule has 11 nitrogen and oxygen atoms in total. The van der Waals surface area contributed by atoms with E-state index in [0.29, 0.717) is 30.4 Å². The molecule has 0 saturated carbocycles. The van der Waals surface area contributed by atoms with Crippen molar-refractivity contribution in [3.05, 3.63) is 54.6 Å². The zero-order valence-corrected chi connectivity index (χ0v) is 19.7. The van der Waals surface area contributed by atoms with Crippen molar-refractivity contribution in [1.82, 2.24) is 24.9 Å². The van der Waals surface area contributed by atoms with Crippen LogP contribution >= 0.6 is 0 Å². The van der Waals surface area contributed by atoms with Crippen LogP contribution < -0.4 is 20.9 Å². The van der Waals surface area contributed by atoms with Crippen LogP contribution in [0.1, 0.15) is 5.69 Å². The molecule has 36 heavy (non-hydrogen) atoms. The van der Waals surface area contributed by atoms with E-state index in [9.17, 15) is 4.79 Å². The minimum Gasteiger partial charge on any atom is -0.378 e. The predicted molar refractivity (Wildman–Crippen MR) is 137 cm³/mol. The van der Waals surface area contributed by atoms with Crippen molar-refractivity contribution in [1.29, 1.82) is 0 Å². The van der Waals surface area contributed by atoms with E-state index in [-0.39, 0.29) is 18.4 Å². The van der Waals surface area contributed by atoms with Crippen LogP contribution in [0.15, 0.2) is 48.9 Å². The Morgan fingerprint density at radius 1 is 1.08 bits per heavy atom. The number of nitrogens with zero attached hydrogens (tertiary/aromatic N) is 6. The average molecular weight is 486 g/mol. The second-order valence-corrected chi connectivity index (χ2v) is 9.05. The maximum absolute atomic E-state index is 12.6. The fourth-order valence-corrected chi connectivity index (χ4v) is 4.53. The summed E-state index contributed by atoms with van der Waals surface area (Å²) in [6, 6.07) is 11.7. The van der Waals surface area contributed by atoms with Gasteiger partial charge in [-0.3, -0.25) is 9.78 Å². The summed E-state index contributed by atoms with van der Waals surface area (Å²) in [4.78, 5) is 38.1. The van der Waals surface area contributed by atoms with Crippen molar-refractivity contribution < 1.29 is 9.53 Å². The topological polar surface area (TPSA) is 138 Å². The van der Waals surface area contributed by atoms with Gasteiger partial charge in [-0.1, -0.05) is 0 Å². The Balaban J connectivity index is 1.13. The highest BCUT2D eigenvalue weighted by atomic mass is 16.5. The second kappa shape index (κ2) is 9.51. The number of morpholine rings is 1. The summed E-state index contributed by atoms with van der Waals surface area (Å²) in [5.74, 6) is 1.41. The molecule has 1 amide bonds. The highest BCUT2D eigenvalue weighted by Gasteiger charge is 2.23. The number of hydrogen-bond donors (Lipinski definition) is 3. The molecule has 184 valence electrons. The van der Waals surface area contributed by atoms with Crippen LogP contribution in [0.2, 0.25) is 0 Å². The number of amides is 1. The summed E-state index contributed by atoms with van der Waals surface area (Å²) in [5.41, 5.74) is 10.7. The molecule has 0 radical (unpaired) electrons. The third-order valence-corrected chi connectivity index (χ3v) is 6.44. The number of ether oxygens (including phenoxy) is 1. The monoisotopic (exact) mass is 485 g/mol. The molecule has 2 fully saturated rings. The van der Waals surface area contributed by atoms with Gasteiger partial charge in [0, 0.05) is 55.4 Å². The lowest BCUT2D eigenvalue weighted by Crippen LogP contribution is -2.55. The van der Waals surface area contributed by atoms with Gasteiger partial charge in [0.15, 0.2) is 11.5 Å². The molecule has 0 spiro atoms. The molecule has 4 aromatic rings. The molecular formula is C25H27N9O2. The highest BCUT2D eigenvalue weighted by Crippen LogP contribution is 2.26. The zero-order valence-electron chi connectivity index (χ0n) is 19.7. The van der Waals surface area contributed by atoms with Crippen molar-refractivity contribution in [2.45, 2.75) is 12.5 Å². The number of carbonyl (C=O) groups excluding carboxylic acids is 1. The van der Waals surface area contributed by atoms with Crippen LogP contribution in [0.25, 0.3) is 22.6 Å². The van der Waals surface area contributed by atoms with Crippen molar-refractivity contribution in [2.75, 3.05) is 54.5 Å². The van der Waals surface area contributed by atoms with Crippen LogP contribution in [-0.4, -0.2) is 76.3 Å². The number of rotatable bonds is 6. The molecule has 11 heteroatoms. The number of aromatic nitrogens is 5. The van der Waals surface area contributed by atoms with E-state index in [4.69, 9.17) is 10.5 Å². The first-order valence-corrected chi connectivity index (χ1v) is 12.0. The summed E-state index contributed by atoms with van der Waals surface area (Å²) in [6.45, 7) is 4.56. The summed E-state index contributed by atoms with van der Waals surface area (Å²) < 4.78 is 5.45. The van der Waals surface area contributed by atoms with Gasteiger partial charge in [0.25, 0.3) is 0 Å². The van der Waals surface area contributed by atoms with Crippen LogP contribution in [0.4, 0.5) is 17.2 Å². The fourth-order valence-electron chi connectivity index (χ4n) is 4.53. The van der Waals surface area contributed by atoms with E-state index in [1.807, 2.05) is 36.4 Å². The minimum absolute atomic E-state index is 0.123. The molecule has 0 bridgehead atoms. The maximum Gasteiger partial charge on any atom is 0.230 e. The van der Waals surface area contributed by atoms with Crippen molar-refractivity contribution in [3.8, 4) is 11.4 Å². The molecule has 2 aliphatic rings. The number of anilines is 3. The van der Waals surface area contributed by atoms with Gasteiger partial charge in [-0.05, 0) is 36.4 Å². The van der Waals surface area contributed by atoms with Crippen molar-refractivity contribution >= 4 is 34.3 Å². The molecular weight excluding hydrogens is 458 g/mol. The maximum atomic E-state index is 12.6. The Hall–Kier alpha value is -4.09. The molecule has 0 aliphatic carbocycles. The molecule has 0 unspecified atom stereocenters. The van der Waals surface area contributed by atoms with Gasteiger partial charge in [0.05, 0.1) is 25.3 Å². The number of hydrogen-bond acceptors (Lipinski definition) is 9. The summed E-state index contributed by atoms with van der Waals surface area (Å²) in [6.07, 6.45) is 3.47. The summed E-state index contributed by atoms with van der Waals surface area (Å²) in [7, 11) is 0. The molecule has 4 N–H and O–H groups in total. The summed E-state index contributed by atoms with van der Waals surface area (Å²) >= 11 is 0. The highest BCUT2D eigenvalue weighted by molar-refractivity contribution is 5.92. The number of nitrogens with one attached hydrogen (secondary N) is 2. The zero-order chi connectivity index (χ0) is 24.5. The van der Waals surface area contributed by atoms with E-state index in [1.54, 1.807) is 12.5 Å². The van der Waals surface area contributed by atoms with Crippen molar-refractivity contribution in [2.24, 2.45) is 5.73 Å². The first-order chi connectivity index (χ1) is 17.6. The largest absolute Gasteiger partial charge is 0.378 e.